The SMILES string of the molecule is CCCCC(CC)CNC(=O)Nc1ccc(C)c(NC(=O)NCC(C)[Si](C)(O[Si](C)(C)C)O[Si](C)(C)C)c1. The Morgan fingerprint density at radius 1 is 0.868 bits per heavy atom. The molecule has 218 valence electrons. The van der Waals surface area contributed by atoms with Crippen molar-refractivity contribution in [1.82, 2.24) is 10.6 Å². The molecule has 0 aromatic heterocycles. The molecule has 11 heteroatoms. The third-order valence-corrected chi connectivity index (χ3v) is 16.5. The van der Waals surface area contributed by atoms with Crippen LogP contribution in [0.4, 0.5) is 21.0 Å². The smallest absolute Gasteiger partial charge is 0.319 e. The fourth-order valence-electron chi connectivity index (χ4n) is 4.23. The molecule has 2 atom stereocenters. The number of aryl methyl sites for hydroxylation is 1. The molecular weight excluding hydrogens is 529 g/mol. The number of amides is 4. The van der Waals surface area contributed by atoms with Crippen molar-refractivity contribution in [1.29, 1.82) is 0 Å². The van der Waals surface area contributed by atoms with E-state index in [0.29, 0.717) is 30.4 Å². The maximum absolute atomic E-state index is 12.8. The second-order valence-electron chi connectivity index (χ2n) is 12.5. The molecule has 4 N–H and O–H groups in total. The molecule has 1 aromatic rings. The Balaban J connectivity index is 2.76. The predicted molar refractivity (Wildman–Crippen MR) is 168 cm³/mol. The molecule has 8 nitrogen and oxygen atoms in total. The summed E-state index contributed by atoms with van der Waals surface area (Å²) >= 11 is 0. The molecule has 4 amide bonds. The minimum Gasteiger partial charge on any atom is -0.436 e. The van der Waals surface area contributed by atoms with Gasteiger partial charge in [0.15, 0.2) is 16.6 Å². The summed E-state index contributed by atoms with van der Waals surface area (Å²) in [5, 5.41) is 11.8. The number of nitrogens with one attached hydrogen (secondary N) is 4. The summed E-state index contributed by atoms with van der Waals surface area (Å²) in [6.45, 7) is 24.7. The van der Waals surface area contributed by atoms with Crippen LogP contribution in [-0.4, -0.2) is 50.3 Å². The molecule has 1 aromatic carbocycles. The molecule has 0 heterocycles. The first-order valence-electron chi connectivity index (χ1n) is 14.1. The van der Waals surface area contributed by atoms with Gasteiger partial charge in [0.05, 0.1) is 0 Å². The van der Waals surface area contributed by atoms with Crippen molar-refractivity contribution in [2.75, 3.05) is 23.7 Å². The monoisotopic (exact) mass is 582 g/mol. The fourth-order valence-corrected chi connectivity index (χ4v) is 16.6. The van der Waals surface area contributed by atoms with E-state index >= 15 is 0 Å². The largest absolute Gasteiger partial charge is 0.436 e. The van der Waals surface area contributed by atoms with Gasteiger partial charge in [0, 0.05) is 30.0 Å². The van der Waals surface area contributed by atoms with E-state index in [2.05, 4.69) is 87.9 Å². The summed E-state index contributed by atoms with van der Waals surface area (Å²) < 4.78 is 13.2. The number of benzene rings is 1. The van der Waals surface area contributed by atoms with E-state index in [-0.39, 0.29) is 17.6 Å². The number of carbonyl (C=O) groups is 2. The summed E-state index contributed by atoms with van der Waals surface area (Å²) in [4.78, 5) is 25.3. The molecule has 0 radical (unpaired) electrons. The number of unbranched alkanes of at least 4 members (excludes halogenated alkanes) is 1. The highest BCUT2D eigenvalue weighted by atomic mass is 28.5. The number of hydrogen-bond acceptors (Lipinski definition) is 4. The van der Waals surface area contributed by atoms with Crippen LogP contribution in [-0.2, 0) is 8.23 Å². The van der Waals surface area contributed by atoms with E-state index in [0.717, 1.165) is 24.8 Å². The second-order valence-corrected chi connectivity index (χ2v) is 25.6. The van der Waals surface area contributed by atoms with Gasteiger partial charge < -0.3 is 29.5 Å². The number of rotatable bonds is 15. The zero-order valence-corrected chi connectivity index (χ0v) is 28.8. The van der Waals surface area contributed by atoms with Gasteiger partial charge in [0.1, 0.15) is 0 Å². The standard InChI is InChI=1S/C27H54N4O4Si3/c1-12-14-15-23(13-2)20-29-26(32)30-24-17-16-21(3)25(18-24)31-27(33)28-19-22(4)38(11,34-36(5,6)7)35-37(8,9)10/h16-18,22-23H,12-15,19-20H2,1-11H3,(H2,28,31,33)(H2,29,30,32). The quantitative estimate of drug-likeness (QED) is 0.160. The Kier molecular flexibility index (Phi) is 13.7. The zero-order chi connectivity index (χ0) is 29.1. The first kappa shape index (κ1) is 34.4. The third-order valence-electron chi connectivity index (χ3n) is 6.32. The van der Waals surface area contributed by atoms with Crippen LogP contribution in [0.2, 0.25) is 51.4 Å². The average molecular weight is 583 g/mol. The number of anilines is 2. The highest BCUT2D eigenvalue weighted by molar-refractivity contribution is 6.88. The van der Waals surface area contributed by atoms with Crippen molar-refractivity contribution in [3.63, 3.8) is 0 Å². The molecule has 1 rings (SSSR count). The summed E-state index contributed by atoms with van der Waals surface area (Å²) in [6.07, 6.45) is 4.50. The summed E-state index contributed by atoms with van der Waals surface area (Å²) in [7, 11) is -6.18. The lowest BCUT2D eigenvalue weighted by molar-refractivity contribution is 0.249. The van der Waals surface area contributed by atoms with Gasteiger partial charge in [-0.25, -0.2) is 9.59 Å². The Hall–Kier alpha value is -1.67. The lowest BCUT2D eigenvalue weighted by Gasteiger charge is -2.42. The first-order chi connectivity index (χ1) is 17.5. The van der Waals surface area contributed by atoms with Gasteiger partial charge in [0.25, 0.3) is 0 Å². The Labute approximate surface area is 234 Å². The van der Waals surface area contributed by atoms with Gasteiger partial charge in [-0.2, -0.15) is 0 Å². The van der Waals surface area contributed by atoms with Gasteiger partial charge in [-0.1, -0.05) is 46.1 Å². The molecular formula is C27H54N4O4Si3. The summed E-state index contributed by atoms with van der Waals surface area (Å²) in [6, 6.07) is 4.99. The van der Waals surface area contributed by atoms with Gasteiger partial charge in [-0.05, 0) is 82.8 Å². The molecule has 0 bridgehead atoms. The van der Waals surface area contributed by atoms with Gasteiger partial charge in [-0.15, -0.1) is 0 Å². The van der Waals surface area contributed by atoms with Gasteiger partial charge in [0.2, 0.25) is 0 Å². The van der Waals surface area contributed by atoms with Crippen LogP contribution in [0.15, 0.2) is 18.2 Å². The van der Waals surface area contributed by atoms with Crippen molar-refractivity contribution >= 4 is 48.6 Å². The van der Waals surface area contributed by atoms with E-state index in [9.17, 15) is 9.59 Å². The lowest BCUT2D eigenvalue weighted by Crippen LogP contribution is -2.56. The van der Waals surface area contributed by atoms with Crippen molar-refractivity contribution < 1.29 is 17.8 Å². The average Bonchev–Trinajstić information content (AvgIpc) is 2.77. The summed E-state index contributed by atoms with van der Waals surface area (Å²) in [5.41, 5.74) is 2.27. The molecule has 0 spiro atoms. The normalized spacial score (nSPS) is 14.0. The molecule has 0 aliphatic rings. The van der Waals surface area contributed by atoms with Crippen molar-refractivity contribution in [3.05, 3.63) is 23.8 Å². The van der Waals surface area contributed by atoms with Gasteiger partial charge >= 0.3 is 20.6 Å². The topological polar surface area (TPSA) is 101 Å². The molecule has 0 aliphatic carbocycles. The van der Waals surface area contributed by atoms with E-state index < -0.39 is 25.2 Å². The molecule has 2 unspecified atom stereocenters. The molecule has 0 fully saturated rings. The summed E-state index contributed by atoms with van der Waals surface area (Å²) in [5.74, 6) is 0.485. The second kappa shape index (κ2) is 15.2. The number of hydrogen-bond donors (Lipinski definition) is 4. The maximum Gasteiger partial charge on any atom is 0.319 e. The minimum absolute atomic E-state index is 0.0776. The maximum atomic E-state index is 12.8. The lowest BCUT2D eigenvalue weighted by atomic mass is 9.99. The van der Waals surface area contributed by atoms with Crippen LogP contribution in [0.5, 0.6) is 0 Å². The van der Waals surface area contributed by atoms with Gasteiger partial charge in [-0.3, -0.25) is 0 Å². The van der Waals surface area contributed by atoms with Crippen LogP contribution in [0.1, 0.15) is 52.0 Å². The predicted octanol–water partition coefficient (Wildman–Crippen LogP) is 7.62. The van der Waals surface area contributed by atoms with Crippen molar-refractivity contribution in [2.24, 2.45) is 5.92 Å². The van der Waals surface area contributed by atoms with E-state index in [1.165, 1.54) is 6.42 Å². The van der Waals surface area contributed by atoms with Crippen LogP contribution >= 0.6 is 0 Å². The first-order valence-corrected chi connectivity index (χ1v) is 23.3. The molecule has 38 heavy (non-hydrogen) atoms. The van der Waals surface area contributed by atoms with Crippen LogP contribution < -0.4 is 21.3 Å². The van der Waals surface area contributed by atoms with E-state index in [1.54, 1.807) is 6.07 Å². The van der Waals surface area contributed by atoms with E-state index in [1.807, 2.05) is 19.1 Å². The van der Waals surface area contributed by atoms with E-state index in [4.69, 9.17) is 8.23 Å². The highest BCUT2D eigenvalue weighted by Crippen LogP contribution is 2.30. The van der Waals surface area contributed by atoms with Crippen LogP contribution in [0, 0.1) is 12.8 Å². The number of carbonyl (C=O) groups excluding carboxylic acids is 2. The molecule has 0 saturated heterocycles. The molecule has 0 aliphatic heterocycles. The Morgan fingerprint density at radius 3 is 1.95 bits per heavy atom. The van der Waals surface area contributed by atoms with Crippen LogP contribution in [0.25, 0.3) is 0 Å². The zero-order valence-electron chi connectivity index (χ0n) is 25.8. The minimum atomic E-state index is -2.52. The highest BCUT2D eigenvalue weighted by Gasteiger charge is 2.44. The Bertz CT molecular complexity index is 887. The fraction of sp³-hybridized carbons (Fsp3) is 0.704. The van der Waals surface area contributed by atoms with Crippen molar-refractivity contribution in [2.45, 2.75) is 105 Å². The third kappa shape index (κ3) is 13.4. The Morgan fingerprint density at radius 2 is 1.42 bits per heavy atom. The van der Waals surface area contributed by atoms with Crippen LogP contribution in [0.3, 0.4) is 0 Å². The molecule has 0 saturated carbocycles. The number of urea groups is 2. The van der Waals surface area contributed by atoms with Crippen molar-refractivity contribution in [3.8, 4) is 0 Å².